The third-order valence-electron chi connectivity index (χ3n) is 2.01. The summed E-state index contributed by atoms with van der Waals surface area (Å²) in [6.07, 6.45) is -3.84. The second-order valence-corrected chi connectivity index (χ2v) is 4.42. The maximum atomic E-state index is 12.2. The first-order chi connectivity index (χ1) is 7.84. The van der Waals surface area contributed by atoms with Gasteiger partial charge in [-0.2, -0.15) is 13.2 Å². The van der Waals surface area contributed by atoms with Crippen molar-refractivity contribution in [2.45, 2.75) is 24.3 Å². The van der Waals surface area contributed by atoms with Gasteiger partial charge in [-0.1, -0.05) is 22.9 Å². The van der Waals surface area contributed by atoms with Crippen molar-refractivity contribution in [2.24, 2.45) is 0 Å². The molecule has 2 nitrogen and oxygen atoms in total. The molecule has 0 N–H and O–H groups in total. The molecule has 6 heteroatoms. The first-order valence-corrected chi connectivity index (χ1v) is 5.79. The van der Waals surface area contributed by atoms with Crippen LogP contribution in [0.1, 0.15) is 18.9 Å². The van der Waals surface area contributed by atoms with E-state index in [1.165, 1.54) is 0 Å². The Labute approximate surface area is 105 Å². The summed E-state index contributed by atoms with van der Waals surface area (Å²) in [6, 6.07) is 3.99. The van der Waals surface area contributed by atoms with Crippen molar-refractivity contribution >= 4 is 21.9 Å². The summed E-state index contributed by atoms with van der Waals surface area (Å²) in [5.74, 6) is -0.423. The Balaban J connectivity index is 2.73. The molecule has 1 aromatic rings. The van der Waals surface area contributed by atoms with E-state index in [1.807, 2.05) is 0 Å². The fraction of sp³-hybridized carbons (Fsp3) is 0.364. The molecule has 17 heavy (non-hydrogen) atoms. The van der Waals surface area contributed by atoms with Gasteiger partial charge in [0.25, 0.3) is 0 Å². The highest BCUT2D eigenvalue weighted by molar-refractivity contribution is 9.10. The number of hydrogen-bond donors (Lipinski definition) is 0. The van der Waals surface area contributed by atoms with Crippen LogP contribution < -0.4 is 4.74 Å². The van der Waals surface area contributed by atoms with Crippen LogP contribution in [-0.2, 0) is 11.0 Å². The molecule has 0 saturated heterocycles. The van der Waals surface area contributed by atoms with Crippen LogP contribution in [0.15, 0.2) is 24.3 Å². The normalized spacial score (nSPS) is 13.2. The van der Waals surface area contributed by atoms with Crippen molar-refractivity contribution in [2.75, 3.05) is 0 Å². The van der Waals surface area contributed by atoms with E-state index in [0.717, 1.165) is 24.3 Å². The summed E-state index contributed by atoms with van der Waals surface area (Å²) in [6.45, 7) is 1.79. The Morgan fingerprint density at radius 2 is 1.88 bits per heavy atom. The number of carbonyl (C=O) groups is 1. The Morgan fingerprint density at radius 3 is 2.29 bits per heavy atom. The molecule has 1 aromatic carbocycles. The van der Waals surface area contributed by atoms with Crippen molar-refractivity contribution in [3.8, 4) is 5.75 Å². The Hall–Kier alpha value is -1.04. The summed E-state index contributed by atoms with van der Waals surface area (Å²) >= 11 is 3.09. The first kappa shape index (κ1) is 14.0. The minimum absolute atomic E-state index is 0.0981. The molecule has 0 heterocycles. The molecule has 0 radical (unpaired) electrons. The predicted octanol–water partition coefficient (Wildman–Crippen LogP) is 3.78. The van der Waals surface area contributed by atoms with E-state index in [4.69, 9.17) is 4.74 Å². The zero-order valence-corrected chi connectivity index (χ0v) is 10.5. The predicted molar refractivity (Wildman–Crippen MR) is 60.1 cm³/mol. The van der Waals surface area contributed by atoms with Crippen molar-refractivity contribution in [3.05, 3.63) is 29.8 Å². The van der Waals surface area contributed by atoms with E-state index in [2.05, 4.69) is 15.9 Å². The van der Waals surface area contributed by atoms with Gasteiger partial charge in [0, 0.05) is 0 Å². The third-order valence-corrected chi connectivity index (χ3v) is 3.04. The third kappa shape index (κ3) is 4.03. The van der Waals surface area contributed by atoms with Gasteiger partial charge in [0.1, 0.15) is 10.6 Å². The van der Waals surface area contributed by atoms with Gasteiger partial charge in [-0.3, -0.25) is 4.79 Å². The molecular formula is C11H10BrF3O2. The summed E-state index contributed by atoms with van der Waals surface area (Å²) in [5.41, 5.74) is -0.775. The fourth-order valence-electron chi connectivity index (χ4n) is 1.06. The van der Waals surface area contributed by atoms with Gasteiger partial charge in [-0.25, -0.2) is 0 Å². The van der Waals surface area contributed by atoms with Crippen molar-refractivity contribution in [3.63, 3.8) is 0 Å². The van der Waals surface area contributed by atoms with Gasteiger partial charge in [0.2, 0.25) is 0 Å². The lowest BCUT2D eigenvalue weighted by molar-refractivity contribution is -0.137. The SMILES string of the molecule is CCC(Br)C(=O)Oc1ccc(C(F)(F)F)cc1. The minimum atomic E-state index is -4.39. The van der Waals surface area contributed by atoms with Gasteiger partial charge < -0.3 is 4.74 Å². The number of benzene rings is 1. The summed E-state index contributed by atoms with van der Waals surface area (Å²) < 4.78 is 41.6. The maximum Gasteiger partial charge on any atom is 0.416 e. The van der Waals surface area contributed by atoms with Crippen LogP contribution in [0.25, 0.3) is 0 Å². The van der Waals surface area contributed by atoms with E-state index < -0.39 is 22.5 Å². The van der Waals surface area contributed by atoms with Crippen molar-refractivity contribution in [1.29, 1.82) is 0 Å². The zero-order chi connectivity index (χ0) is 13.1. The second kappa shape index (κ2) is 5.53. The molecule has 1 rings (SSSR count). The average Bonchev–Trinajstić information content (AvgIpc) is 2.27. The minimum Gasteiger partial charge on any atom is -0.426 e. The Morgan fingerprint density at radius 1 is 1.35 bits per heavy atom. The molecule has 0 spiro atoms. The standard InChI is InChI=1S/C11H10BrF3O2/c1-2-9(12)10(16)17-8-5-3-7(4-6-8)11(13,14)15/h3-6,9H,2H2,1H3. The molecule has 1 atom stereocenters. The molecule has 1 unspecified atom stereocenters. The smallest absolute Gasteiger partial charge is 0.416 e. The molecule has 0 amide bonds. The Bertz CT molecular complexity index is 387. The quantitative estimate of drug-likeness (QED) is 0.482. The highest BCUT2D eigenvalue weighted by Gasteiger charge is 2.30. The Kier molecular flexibility index (Phi) is 4.56. The van der Waals surface area contributed by atoms with Gasteiger partial charge in [0.15, 0.2) is 0 Å². The molecule has 94 valence electrons. The summed E-state index contributed by atoms with van der Waals surface area (Å²) in [7, 11) is 0. The number of ether oxygens (including phenoxy) is 1. The number of alkyl halides is 4. The maximum absolute atomic E-state index is 12.2. The van der Waals surface area contributed by atoms with Crippen LogP contribution in [0.2, 0.25) is 0 Å². The van der Waals surface area contributed by atoms with E-state index in [1.54, 1.807) is 6.92 Å². The number of hydrogen-bond acceptors (Lipinski definition) is 2. The zero-order valence-electron chi connectivity index (χ0n) is 8.92. The summed E-state index contributed by atoms with van der Waals surface area (Å²) in [4.78, 5) is 10.9. The number of halogens is 4. The van der Waals surface area contributed by atoms with Crippen LogP contribution in [0, 0.1) is 0 Å². The number of carbonyl (C=O) groups excluding carboxylic acids is 1. The fourth-order valence-corrected chi connectivity index (χ4v) is 1.15. The molecule has 0 fully saturated rings. The number of rotatable bonds is 3. The van der Waals surface area contributed by atoms with Crippen LogP contribution in [0.5, 0.6) is 5.75 Å². The molecule has 0 aliphatic carbocycles. The molecule has 0 aromatic heterocycles. The molecule has 0 aliphatic rings. The van der Waals surface area contributed by atoms with Gasteiger partial charge in [-0.05, 0) is 30.7 Å². The molecule has 0 aliphatic heterocycles. The number of esters is 1. The highest BCUT2D eigenvalue weighted by atomic mass is 79.9. The van der Waals surface area contributed by atoms with Crippen molar-refractivity contribution in [1.82, 2.24) is 0 Å². The van der Waals surface area contributed by atoms with E-state index >= 15 is 0 Å². The monoisotopic (exact) mass is 310 g/mol. The van der Waals surface area contributed by atoms with Crippen molar-refractivity contribution < 1.29 is 22.7 Å². The lowest BCUT2D eigenvalue weighted by Crippen LogP contribution is -2.19. The van der Waals surface area contributed by atoms with Gasteiger partial charge >= 0.3 is 12.1 Å². The van der Waals surface area contributed by atoms with Gasteiger partial charge in [-0.15, -0.1) is 0 Å². The van der Waals surface area contributed by atoms with Crippen LogP contribution >= 0.6 is 15.9 Å². The van der Waals surface area contributed by atoms with Crippen LogP contribution in [0.3, 0.4) is 0 Å². The topological polar surface area (TPSA) is 26.3 Å². The lowest BCUT2D eigenvalue weighted by Gasteiger charge is -2.09. The lowest BCUT2D eigenvalue weighted by atomic mass is 10.2. The molecular weight excluding hydrogens is 301 g/mol. The van der Waals surface area contributed by atoms with E-state index in [0.29, 0.717) is 6.42 Å². The van der Waals surface area contributed by atoms with E-state index in [-0.39, 0.29) is 5.75 Å². The molecule has 0 bridgehead atoms. The second-order valence-electron chi connectivity index (χ2n) is 3.32. The summed E-state index contributed by atoms with van der Waals surface area (Å²) in [5, 5.41) is 0. The largest absolute Gasteiger partial charge is 0.426 e. The van der Waals surface area contributed by atoms with E-state index in [9.17, 15) is 18.0 Å². The first-order valence-electron chi connectivity index (χ1n) is 4.87. The van der Waals surface area contributed by atoms with Gasteiger partial charge in [0.05, 0.1) is 5.56 Å². The highest BCUT2D eigenvalue weighted by Crippen LogP contribution is 2.30. The van der Waals surface area contributed by atoms with Crippen LogP contribution in [-0.4, -0.2) is 10.8 Å². The molecule has 0 saturated carbocycles. The van der Waals surface area contributed by atoms with Crippen LogP contribution in [0.4, 0.5) is 13.2 Å². The average molecular weight is 311 g/mol.